The van der Waals surface area contributed by atoms with E-state index in [4.69, 9.17) is 4.74 Å². The molecule has 3 heterocycles. The first-order valence-electron chi connectivity index (χ1n) is 8.36. The largest absolute Gasteiger partial charge is 0.374 e. The molecule has 22 heavy (non-hydrogen) atoms. The Kier molecular flexibility index (Phi) is 3.91. The van der Waals surface area contributed by atoms with E-state index in [0.29, 0.717) is 17.3 Å². The molecule has 3 saturated heterocycles. The van der Waals surface area contributed by atoms with Crippen LogP contribution in [0.3, 0.4) is 0 Å². The first kappa shape index (κ1) is 14.6. The smallest absolute Gasteiger partial charge is 0.228 e. The van der Waals surface area contributed by atoms with Gasteiger partial charge < -0.3 is 9.64 Å². The minimum atomic E-state index is 0.0975. The third kappa shape index (κ3) is 2.46. The highest BCUT2D eigenvalue weighted by Gasteiger charge is 2.47. The Labute approximate surface area is 136 Å². The van der Waals surface area contributed by atoms with E-state index < -0.39 is 0 Å². The molecule has 1 amide bonds. The van der Waals surface area contributed by atoms with Crippen molar-refractivity contribution in [2.75, 3.05) is 12.3 Å². The summed E-state index contributed by atoms with van der Waals surface area (Å²) in [4.78, 5) is 15.3. The molecule has 3 nitrogen and oxygen atoms in total. The fraction of sp³-hybridized carbons (Fsp3) is 0.611. The minimum absolute atomic E-state index is 0.0975. The van der Waals surface area contributed by atoms with Gasteiger partial charge in [0.25, 0.3) is 0 Å². The second-order valence-corrected chi connectivity index (χ2v) is 8.16. The van der Waals surface area contributed by atoms with E-state index in [9.17, 15) is 4.79 Å². The molecule has 0 radical (unpaired) electrons. The van der Waals surface area contributed by atoms with Gasteiger partial charge in [0.15, 0.2) is 0 Å². The highest BCUT2D eigenvalue weighted by atomic mass is 32.2. The maximum Gasteiger partial charge on any atom is 0.228 e. The van der Waals surface area contributed by atoms with Crippen molar-refractivity contribution in [2.45, 2.75) is 49.7 Å². The standard InChI is InChI=1S/C18H23NO2S/c1-12-17(13-5-3-2-4-6-13)19(9-10-22-12)18(20)15-11-14-7-8-16(15)21-14/h2-6,12,14-17H,7-11H2,1H3/t12-,14+,15-,16+,17-/m0/s1. The van der Waals surface area contributed by atoms with Crippen LogP contribution in [-0.2, 0) is 9.53 Å². The van der Waals surface area contributed by atoms with E-state index in [1.807, 2.05) is 17.8 Å². The molecule has 4 heteroatoms. The summed E-state index contributed by atoms with van der Waals surface area (Å²) in [5.74, 6) is 1.46. The Bertz CT molecular complexity index is 549. The Balaban J connectivity index is 1.59. The van der Waals surface area contributed by atoms with Gasteiger partial charge in [0, 0.05) is 17.5 Å². The second-order valence-electron chi connectivity index (χ2n) is 6.68. The minimum Gasteiger partial charge on any atom is -0.374 e. The molecule has 1 aromatic rings. The second kappa shape index (κ2) is 5.89. The van der Waals surface area contributed by atoms with Gasteiger partial charge in [-0.25, -0.2) is 0 Å². The molecule has 0 aromatic heterocycles. The van der Waals surface area contributed by atoms with E-state index in [1.54, 1.807) is 0 Å². The van der Waals surface area contributed by atoms with Gasteiger partial charge in [0.05, 0.1) is 24.2 Å². The molecule has 3 aliphatic heterocycles. The summed E-state index contributed by atoms with van der Waals surface area (Å²) in [6, 6.07) is 10.7. The van der Waals surface area contributed by atoms with Crippen molar-refractivity contribution in [1.29, 1.82) is 0 Å². The number of thioether (sulfide) groups is 1. The molecule has 0 N–H and O–H groups in total. The quantitative estimate of drug-likeness (QED) is 0.838. The van der Waals surface area contributed by atoms with Gasteiger partial charge in [-0.2, -0.15) is 11.8 Å². The molecule has 1 aromatic carbocycles. The highest BCUT2D eigenvalue weighted by Crippen LogP contribution is 2.43. The molecule has 3 fully saturated rings. The zero-order valence-corrected chi connectivity index (χ0v) is 13.8. The monoisotopic (exact) mass is 317 g/mol. The first-order valence-corrected chi connectivity index (χ1v) is 9.41. The fourth-order valence-electron chi connectivity index (χ4n) is 4.28. The summed E-state index contributed by atoms with van der Waals surface area (Å²) in [5, 5.41) is 0.444. The van der Waals surface area contributed by atoms with Crippen molar-refractivity contribution in [2.24, 2.45) is 5.92 Å². The maximum absolute atomic E-state index is 13.2. The maximum atomic E-state index is 13.2. The van der Waals surface area contributed by atoms with Crippen LogP contribution in [0.4, 0.5) is 0 Å². The van der Waals surface area contributed by atoms with Crippen LogP contribution < -0.4 is 0 Å². The van der Waals surface area contributed by atoms with Crippen LogP contribution in [0, 0.1) is 5.92 Å². The van der Waals surface area contributed by atoms with E-state index in [2.05, 4.69) is 36.1 Å². The topological polar surface area (TPSA) is 29.5 Å². The van der Waals surface area contributed by atoms with Gasteiger partial charge in [-0.3, -0.25) is 4.79 Å². The van der Waals surface area contributed by atoms with Crippen molar-refractivity contribution in [1.82, 2.24) is 4.90 Å². The summed E-state index contributed by atoms with van der Waals surface area (Å²) < 4.78 is 5.91. The predicted octanol–water partition coefficient (Wildman–Crippen LogP) is 3.26. The summed E-state index contributed by atoms with van der Waals surface area (Å²) in [5.41, 5.74) is 1.26. The molecule has 3 aliphatic rings. The van der Waals surface area contributed by atoms with Gasteiger partial charge in [-0.15, -0.1) is 0 Å². The zero-order valence-electron chi connectivity index (χ0n) is 13.0. The van der Waals surface area contributed by atoms with Crippen molar-refractivity contribution in [3.8, 4) is 0 Å². The number of nitrogens with zero attached hydrogens (tertiary/aromatic N) is 1. The van der Waals surface area contributed by atoms with Gasteiger partial charge in [0.1, 0.15) is 0 Å². The van der Waals surface area contributed by atoms with E-state index in [-0.39, 0.29) is 18.1 Å². The van der Waals surface area contributed by atoms with Gasteiger partial charge in [-0.05, 0) is 24.8 Å². The molecule has 0 aliphatic carbocycles. The molecule has 2 bridgehead atoms. The van der Waals surface area contributed by atoms with Crippen LogP contribution in [-0.4, -0.2) is 40.6 Å². The van der Waals surface area contributed by atoms with Crippen molar-refractivity contribution >= 4 is 17.7 Å². The number of fused-ring (bicyclic) bond motifs is 2. The van der Waals surface area contributed by atoms with Gasteiger partial charge >= 0.3 is 0 Å². The lowest BCUT2D eigenvalue weighted by molar-refractivity contribution is -0.139. The number of hydrogen-bond acceptors (Lipinski definition) is 3. The van der Waals surface area contributed by atoms with Crippen molar-refractivity contribution in [3.63, 3.8) is 0 Å². The van der Waals surface area contributed by atoms with Crippen LogP contribution in [0.1, 0.15) is 37.8 Å². The number of ether oxygens (including phenoxy) is 1. The summed E-state index contributed by atoms with van der Waals surface area (Å²) >= 11 is 1.97. The van der Waals surface area contributed by atoms with E-state index >= 15 is 0 Å². The Morgan fingerprint density at radius 2 is 2.09 bits per heavy atom. The summed E-state index contributed by atoms with van der Waals surface area (Å²) in [6.07, 6.45) is 3.66. The predicted molar refractivity (Wildman–Crippen MR) is 88.8 cm³/mol. The molecule has 0 unspecified atom stereocenters. The third-order valence-corrected chi connectivity index (χ3v) is 6.54. The number of carbonyl (C=O) groups excluding carboxylic acids is 1. The Hall–Kier alpha value is -1.00. The number of benzene rings is 1. The van der Waals surface area contributed by atoms with Gasteiger partial charge in [-0.1, -0.05) is 37.3 Å². The highest BCUT2D eigenvalue weighted by molar-refractivity contribution is 8.00. The SMILES string of the molecule is C[C@@H]1SCCN(C(=O)[C@H]2C[C@H]3CC[C@H]2O3)[C@@H]1c1ccccc1. The zero-order chi connectivity index (χ0) is 15.1. The number of carbonyl (C=O) groups is 1. The first-order chi connectivity index (χ1) is 10.7. The number of amides is 1. The Morgan fingerprint density at radius 1 is 1.27 bits per heavy atom. The molecule has 0 spiro atoms. The van der Waals surface area contributed by atoms with Crippen LogP contribution in [0.15, 0.2) is 30.3 Å². The average Bonchev–Trinajstić information content (AvgIpc) is 3.18. The summed E-state index contributed by atoms with van der Waals surface area (Å²) in [6.45, 7) is 3.11. The van der Waals surface area contributed by atoms with Crippen LogP contribution in [0.2, 0.25) is 0 Å². The normalized spacial score (nSPS) is 37.5. The molecule has 5 atom stereocenters. The average molecular weight is 317 g/mol. The lowest BCUT2D eigenvalue weighted by Gasteiger charge is -2.41. The molecular formula is C18H23NO2S. The molecule has 0 saturated carbocycles. The van der Waals surface area contributed by atoms with E-state index in [0.717, 1.165) is 31.6 Å². The van der Waals surface area contributed by atoms with E-state index in [1.165, 1.54) is 5.56 Å². The fourth-order valence-corrected chi connectivity index (χ4v) is 5.44. The van der Waals surface area contributed by atoms with Crippen molar-refractivity contribution in [3.05, 3.63) is 35.9 Å². The molecular weight excluding hydrogens is 294 g/mol. The van der Waals surface area contributed by atoms with Crippen LogP contribution in [0.25, 0.3) is 0 Å². The van der Waals surface area contributed by atoms with Crippen LogP contribution >= 0.6 is 11.8 Å². The summed E-state index contributed by atoms with van der Waals surface area (Å²) in [7, 11) is 0. The number of hydrogen-bond donors (Lipinski definition) is 0. The molecule has 118 valence electrons. The lowest BCUT2D eigenvalue weighted by Crippen LogP contribution is -2.48. The lowest BCUT2D eigenvalue weighted by atomic mass is 9.87. The molecule has 4 rings (SSSR count). The number of rotatable bonds is 2. The Morgan fingerprint density at radius 3 is 2.77 bits per heavy atom. The van der Waals surface area contributed by atoms with Crippen LogP contribution in [0.5, 0.6) is 0 Å². The van der Waals surface area contributed by atoms with Gasteiger partial charge in [0.2, 0.25) is 5.91 Å². The van der Waals surface area contributed by atoms with Crippen molar-refractivity contribution < 1.29 is 9.53 Å². The third-order valence-electron chi connectivity index (χ3n) is 5.34.